The van der Waals surface area contributed by atoms with E-state index in [1.807, 2.05) is 20.8 Å². The number of benzene rings is 1. The molecule has 0 heterocycles. The first-order valence-electron chi connectivity index (χ1n) is 7.77. The van der Waals surface area contributed by atoms with Gasteiger partial charge < -0.3 is 15.8 Å². The first kappa shape index (κ1) is 20.6. The number of nitrogens with one attached hydrogen (secondary N) is 2. The standard InChI is InChI=1S/C16H27N3O4S/c1-12(2)16(3,11-17)19-15(20)13-5-7-14(8-6-13)24(21,22)18-9-10-23-4/h5-8,12,18H,9-11,17H2,1-4H3,(H,19,20). The van der Waals surface area contributed by atoms with Crippen LogP contribution in [-0.2, 0) is 14.8 Å². The Kier molecular flexibility index (Phi) is 7.34. The van der Waals surface area contributed by atoms with Gasteiger partial charge in [-0.15, -0.1) is 0 Å². The maximum atomic E-state index is 12.3. The molecule has 136 valence electrons. The molecule has 7 nitrogen and oxygen atoms in total. The fourth-order valence-electron chi connectivity index (χ4n) is 1.91. The Bertz CT molecular complexity index is 644. The van der Waals surface area contributed by atoms with Crippen LogP contribution in [0, 0.1) is 5.92 Å². The third-order valence-electron chi connectivity index (χ3n) is 4.12. The van der Waals surface area contributed by atoms with E-state index in [2.05, 4.69) is 10.0 Å². The van der Waals surface area contributed by atoms with Crippen molar-refractivity contribution in [3.63, 3.8) is 0 Å². The van der Waals surface area contributed by atoms with E-state index in [1.54, 1.807) is 0 Å². The van der Waals surface area contributed by atoms with Gasteiger partial charge in [0.15, 0.2) is 0 Å². The fraction of sp³-hybridized carbons (Fsp3) is 0.562. The van der Waals surface area contributed by atoms with E-state index in [-0.39, 0.29) is 29.9 Å². The Morgan fingerprint density at radius 2 is 1.88 bits per heavy atom. The molecular weight excluding hydrogens is 330 g/mol. The zero-order valence-corrected chi connectivity index (χ0v) is 15.4. The SMILES string of the molecule is COCCNS(=O)(=O)c1ccc(C(=O)NC(C)(CN)C(C)C)cc1. The molecule has 1 amide bonds. The van der Waals surface area contributed by atoms with Crippen molar-refractivity contribution in [3.05, 3.63) is 29.8 Å². The van der Waals surface area contributed by atoms with Crippen LogP contribution in [0.2, 0.25) is 0 Å². The Hall–Kier alpha value is -1.48. The third-order valence-corrected chi connectivity index (χ3v) is 5.60. The average Bonchev–Trinajstić information content (AvgIpc) is 2.54. The second kappa shape index (κ2) is 8.57. The first-order chi connectivity index (χ1) is 11.2. The summed E-state index contributed by atoms with van der Waals surface area (Å²) in [6.45, 7) is 6.63. The van der Waals surface area contributed by atoms with Crippen LogP contribution in [0.15, 0.2) is 29.2 Å². The van der Waals surface area contributed by atoms with Gasteiger partial charge in [0, 0.05) is 25.8 Å². The van der Waals surface area contributed by atoms with Crippen molar-refractivity contribution in [2.24, 2.45) is 11.7 Å². The Balaban J connectivity index is 2.85. The molecule has 0 saturated heterocycles. The number of hydrogen-bond acceptors (Lipinski definition) is 5. The average molecular weight is 357 g/mol. The van der Waals surface area contributed by atoms with Crippen LogP contribution in [0.1, 0.15) is 31.1 Å². The highest BCUT2D eigenvalue weighted by atomic mass is 32.2. The van der Waals surface area contributed by atoms with Crippen LogP contribution in [0.4, 0.5) is 0 Å². The summed E-state index contributed by atoms with van der Waals surface area (Å²) < 4.78 is 31.4. The van der Waals surface area contributed by atoms with E-state index < -0.39 is 15.6 Å². The highest BCUT2D eigenvalue weighted by Crippen LogP contribution is 2.17. The number of carbonyl (C=O) groups excluding carboxylic acids is 1. The largest absolute Gasteiger partial charge is 0.383 e. The number of nitrogens with two attached hydrogens (primary N) is 1. The summed E-state index contributed by atoms with van der Waals surface area (Å²) in [5, 5.41) is 2.91. The van der Waals surface area contributed by atoms with Crippen LogP contribution in [-0.4, -0.2) is 46.7 Å². The number of rotatable bonds is 9. The normalized spacial score (nSPS) is 14.4. The summed E-state index contributed by atoms with van der Waals surface area (Å²) in [7, 11) is -2.12. The number of amides is 1. The second-order valence-electron chi connectivity index (χ2n) is 6.15. The molecule has 0 aliphatic rings. The monoisotopic (exact) mass is 357 g/mol. The van der Waals surface area contributed by atoms with Crippen LogP contribution in [0.5, 0.6) is 0 Å². The fourth-order valence-corrected chi connectivity index (χ4v) is 2.92. The van der Waals surface area contributed by atoms with E-state index in [0.717, 1.165) is 0 Å². The molecule has 4 N–H and O–H groups in total. The summed E-state index contributed by atoms with van der Waals surface area (Å²) >= 11 is 0. The lowest BCUT2D eigenvalue weighted by molar-refractivity contribution is 0.0883. The minimum Gasteiger partial charge on any atom is -0.383 e. The molecule has 1 aromatic rings. The molecule has 24 heavy (non-hydrogen) atoms. The van der Waals surface area contributed by atoms with Crippen LogP contribution in [0.3, 0.4) is 0 Å². The van der Waals surface area contributed by atoms with Crippen molar-refractivity contribution in [2.45, 2.75) is 31.2 Å². The molecule has 1 rings (SSSR count). The van der Waals surface area contributed by atoms with Crippen LogP contribution >= 0.6 is 0 Å². The van der Waals surface area contributed by atoms with Crippen molar-refractivity contribution >= 4 is 15.9 Å². The van der Waals surface area contributed by atoms with Gasteiger partial charge in [-0.2, -0.15) is 0 Å². The van der Waals surface area contributed by atoms with Gasteiger partial charge in [-0.3, -0.25) is 4.79 Å². The van der Waals surface area contributed by atoms with Crippen molar-refractivity contribution in [1.82, 2.24) is 10.0 Å². The maximum absolute atomic E-state index is 12.3. The highest BCUT2D eigenvalue weighted by Gasteiger charge is 2.29. The van der Waals surface area contributed by atoms with E-state index >= 15 is 0 Å². The second-order valence-corrected chi connectivity index (χ2v) is 7.91. The van der Waals surface area contributed by atoms with Crippen molar-refractivity contribution in [3.8, 4) is 0 Å². The summed E-state index contributed by atoms with van der Waals surface area (Å²) in [4.78, 5) is 12.4. The lowest BCUT2D eigenvalue weighted by Crippen LogP contribution is -2.55. The Morgan fingerprint density at radius 3 is 2.33 bits per heavy atom. The minimum atomic E-state index is -3.61. The summed E-state index contributed by atoms with van der Waals surface area (Å²) in [5.41, 5.74) is 5.62. The molecule has 0 saturated carbocycles. The topological polar surface area (TPSA) is 111 Å². The van der Waals surface area contributed by atoms with E-state index in [9.17, 15) is 13.2 Å². The van der Waals surface area contributed by atoms with E-state index in [1.165, 1.54) is 31.4 Å². The first-order valence-corrected chi connectivity index (χ1v) is 9.26. The summed E-state index contributed by atoms with van der Waals surface area (Å²) in [6.07, 6.45) is 0. The number of carbonyl (C=O) groups is 1. The maximum Gasteiger partial charge on any atom is 0.251 e. The molecule has 0 fully saturated rings. The zero-order valence-electron chi connectivity index (χ0n) is 14.6. The lowest BCUT2D eigenvalue weighted by atomic mass is 9.88. The van der Waals surface area contributed by atoms with Crippen molar-refractivity contribution in [1.29, 1.82) is 0 Å². The number of methoxy groups -OCH3 is 1. The van der Waals surface area contributed by atoms with Crippen LogP contribution < -0.4 is 15.8 Å². The van der Waals surface area contributed by atoms with Crippen molar-refractivity contribution < 1.29 is 17.9 Å². The van der Waals surface area contributed by atoms with Gasteiger partial charge in [-0.05, 0) is 37.1 Å². The number of ether oxygens (including phenoxy) is 1. The molecule has 1 aromatic carbocycles. The molecule has 1 atom stereocenters. The van der Waals surface area contributed by atoms with Gasteiger partial charge in [0.1, 0.15) is 0 Å². The van der Waals surface area contributed by atoms with Gasteiger partial charge in [0.05, 0.1) is 17.0 Å². The van der Waals surface area contributed by atoms with Gasteiger partial charge >= 0.3 is 0 Å². The number of hydrogen-bond donors (Lipinski definition) is 3. The summed E-state index contributed by atoms with van der Waals surface area (Å²) in [6, 6.07) is 5.77. The van der Waals surface area contributed by atoms with Crippen molar-refractivity contribution in [2.75, 3.05) is 26.8 Å². The molecule has 8 heteroatoms. The van der Waals surface area contributed by atoms with Gasteiger partial charge in [-0.1, -0.05) is 13.8 Å². The van der Waals surface area contributed by atoms with Gasteiger partial charge in [0.25, 0.3) is 5.91 Å². The smallest absolute Gasteiger partial charge is 0.251 e. The van der Waals surface area contributed by atoms with Gasteiger partial charge in [0.2, 0.25) is 10.0 Å². The van der Waals surface area contributed by atoms with E-state index in [0.29, 0.717) is 12.1 Å². The Labute approximate surface area is 144 Å². The Morgan fingerprint density at radius 1 is 1.29 bits per heavy atom. The molecule has 0 radical (unpaired) electrons. The predicted molar refractivity (Wildman–Crippen MR) is 93.3 cm³/mol. The summed E-state index contributed by atoms with van der Waals surface area (Å²) in [5.74, 6) is -0.121. The highest BCUT2D eigenvalue weighted by molar-refractivity contribution is 7.89. The van der Waals surface area contributed by atoms with Crippen LogP contribution in [0.25, 0.3) is 0 Å². The predicted octanol–water partition coefficient (Wildman–Crippen LogP) is 0.715. The van der Waals surface area contributed by atoms with Gasteiger partial charge in [-0.25, -0.2) is 13.1 Å². The van der Waals surface area contributed by atoms with E-state index in [4.69, 9.17) is 10.5 Å². The molecular formula is C16H27N3O4S. The quantitative estimate of drug-likeness (QED) is 0.564. The zero-order chi connectivity index (χ0) is 18.4. The molecule has 0 spiro atoms. The molecule has 0 aliphatic heterocycles. The molecule has 0 aliphatic carbocycles. The minimum absolute atomic E-state index is 0.0978. The lowest BCUT2D eigenvalue weighted by Gasteiger charge is -2.33. The molecule has 0 bridgehead atoms. The molecule has 1 unspecified atom stereocenters. The third kappa shape index (κ3) is 5.27. The molecule has 0 aromatic heterocycles. The number of sulfonamides is 1.